The summed E-state index contributed by atoms with van der Waals surface area (Å²) in [7, 11) is 1.70. The Bertz CT molecular complexity index is 761. The van der Waals surface area contributed by atoms with Gasteiger partial charge in [0.25, 0.3) is 0 Å². The van der Waals surface area contributed by atoms with Gasteiger partial charge < -0.3 is 5.11 Å². The van der Waals surface area contributed by atoms with Crippen LogP contribution in [0.15, 0.2) is 47.5 Å². The summed E-state index contributed by atoms with van der Waals surface area (Å²) >= 11 is 0. The van der Waals surface area contributed by atoms with Crippen molar-refractivity contribution in [2.75, 3.05) is 7.05 Å². The predicted octanol–water partition coefficient (Wildman–Crippen LogP) is 3.28. The second-order valence-corrected chi connectivity index (χ2v) is 5.92. The van der Waals surface area contributed by atoms with Crippen molar-refractivity contribution in [3.8, 4) is 0 Å². The van der Waals surface area contributed by atoms with Gasteiger partial charge in [-0.25, -0.2) is 4.39 Å². The molecule has 0 saturated heterocycles. The zero-order valence-electron chi connectivity index (χ0n) is 12.9. The molecule has 0 atom stereocenters. The topological polar surface area (TPSA) is 49.7 Å². The van der Waals surface area contributed by atoms with E-state index in [9.17, 15) is 14.3 Å². The third kappa shape index (κ3) is 3.22. The molecule has 0 heterocycles. The van der Waals surface area contributed by atoms with Crippen LogP contribution in [0.1, 0.15) is 39.9 Å². The SMILES string of the molecule is CN=C(Cc1ccc(F)cc1C=O)c1ccc(C2(O)CC2)cc1. The first-order valence-electron chi connectivity index (χ1n) is 7.58. The van der Waals surface area contributed by atoms with Crippen LogP contribution in [0.4, 0.5) is 4.39 Å². The fourth-order valence-corrected chi connectivity index (χ4v) is 2.71. The molecule has 118 valence electrons. The molecule has 0 unspecified atom stereocenters. The molecule has 0 spiro atoms. The minimum atomic E-state index is -0.649. The number of hydrogen-bond acceptors (Lipinski definition) is 3. The Morgan fingerprint density at radius 1 is 1.26 bits per heavy atom. The maximum Gasteiger partial charge on any atom is 0.150 e. The second kappa shape index (κ2) is 6.05. The molecule has 2 aromatic rings. The van der Waals surface area contributed by atoms with Crippen molar-refractivity contribution >= 4 is 12.0 Å². The first kappa shape index (κ1) is 15.6. The average molecular weight is 311 g/mol. The van der Waals surface area contributed by atoms with E-state index < -0.39 is 11.4 Å². The molecule has 2 aromatic carbocycles. The highest BCUT2D eigenvalue weighted by Crippen LogP contribution is 2.45. The molecule has 23 heavy (non-hydrogen) atoms. The Morgan fingerprint density at radius 2 is 1.96 bits per heavy atom. The van der Waals surface area contributed by atoms with Gasteiger partial charge in [-0.3, -0.25) is 9.79 Å². The highest BCUT2D eigenvalue weighted by atomic mass is 19.1. The van der Waals surface area contributed by atoms with Crippen LogP contribution >= 0.6 is 0 Å². The summed E-state index contributed by atoms with van der Waals surface area (Å²) in [5.74, 6) is -0.423. The van der Waals surface area contributed by atoms with E-state index in [1.165, 1.54) is 12.1 Å². The molecule has 0 bridgehead atoms. The zero-order chi connectivity index (χ0) is 16.4. The van der Waals surface area contributed by atoms with Crippen LogP contribution in [0.5, 0.6) is 0 Å². The number of aliphatic imine (C=N–C) groups is 1. The number of aliphatic hydroxyl groups is 1. The Labute approximate surface area is 134 Å². The van der Waals surface area contributed by atoms with E-state index in [4.69, 9.17) is 0 Å². The quantitative estimate of drug-likeness (QED) is 0.680. The summed E-state index contributed by atoms with van der Waals surface area (Å²) < 4.78 is 13.2. The smallest absolute Gasteiger partial charge is 0.150 e. The molecule has 0 aliphatic heterocycles. The normalized spacial score (nSPS) is 16.2. The van der Waals surface area contributed by atoms with Gasteiger partial charge in [0.1, 0.15) is 12.1 Å². The van der Waals surface area contributed by atoms with Crippen molar-refractivity contribution in [3.63, 3.8) is 0 Å². The maximum atomic E-state index is 13.2. The minimum Gasteiger partial charge on any atom is -0.385 e. The Hall–Kier alpha value is -2.33. The van der Waals surface area contributed by atoms with Crippen molar-refractivity contribution in [2.45, 2.75) is 24.9 Å². The fourth-order valence-electron chi connectivity index (χ4n) is 2.71. The summed E-state index contributed by atoms with van der Waals surface area (Å²) in [6, 6.07) is 11.9. The minimum absolute atomic E-state index is 0.343. The van der Waals surface area contributed by atoms with Gasteiger partial charge in [-0.2, -0.15) is 0 Å². The molecule has 3 rings (SSSR count). The molecule has 0 amide bonds. The number of benzene rings is 2. The lowest BCUT2D eigenvalue weighted by Crippen LogP contribution is -2.09. The van der Waals surface area contributed by atoms with Crippen molar-refractivity contribution in [3.05, 3.63) is 70.5 Å². The van der Waals surface area contributed by atoms with E-state index in [0.717, 1.165) is 35.2 Å². The van der Waals surface area contributed by atoms with Crippen molar-refractivity contribution < 1.29 is 14.3 Å². The van der Waals surface area contributed by atoms with Crippen molar-refractivity contribution in [1.29, 1.82) is 0 Å². The van der Waals surface area contributed by atoms with Crippen LogP contribution in [-0.4, -0.2) is 24.2 Å². The Balaban J connectivity index is 1.85. The molecular weight excluding hydrogens is 293 g/mol. The van der Waals surface area contributed by atoms with Crippen LogP contribution in [0, 0.1) is 5.82 Å². The van der Waals surface area contributed by atoms with E-state index in [1.54, 1.807) is 13.1 Å². The largest absolute Gasteiger partial charge is 0.385 e. The van der Waals surface area contributed by atoms with E-state index in [1.807, 2.05) is 24.3 Å². The van der Waals surface area contributed by atoms with Gasteiger partial charge in [-0.1, -0.05) is 30.3 Å². The van der Waals surface area contributed by atoms with E-state index in [2.05, 4.69) is 4.99 Å². The van der Waals surface area contributed by atoms with Crippen LogP contribution in [0.25, 0.3) is 0 Å². The zero-order valence-corrected chi connectivity index (χ0v) is 12.9. The molecular formula is C19H18FNO2. The lowest BCUT2D eigenvalue weighted by molar-refractivity contribution is 0.112. The van der Waals surface area contributed by atoms with Gasteiger partial charge in [0.15, 0.2) is 0 Å². The summed E-state index contributed by atoms with van der Waals surface area (Å²) in [5.41, 5.74) is 3.11. The van der Waals surface area contributed by atoms with Crippen LogP contribution in [0.2, 0.25) is 0 Å². The van der Waals surface area contributed by atoms with Crippen LogP contribution < -0.4 is 0 Å². The molecule has 1 saturated carbocycles. The van der Waals surface area contributed by atoms with Gasteiger partial charge >= 0.3 is 0 Å². The summed E-state index contributed by atoms with van der Waals surface area (Å²) in [6.45, 7) is 0. The highest BCUT2D eigenvalue weighted by molar-refractivity contribution is 6.02. The molecule has 1 fully saturated rings. The summed E-state index contributed by atoms with van der Waals surface area (Å²) in [4.78, 5) is 15.4. The summed E-state index contributed by atoms with van der Waals surface area (Å²) in [6.07, 6.45) is 2.73. The van der Waals surface area contributed by atoms with Gasteiger partial charge in [-0.05, 0) is 41.7 Å². The number of aldehydes is 1. The number of halogens is 1. The molecule has 0 aromatic heterocycles. The number of carbonyl (C=O) groups is 1. The van der Waals surface area contributed by atoms with E-state index in [0.29, 0.717) is 18.3 Å². The van der Waals surface area contributed by atoms with Gasteiger partial charge in [0, 0.05) is 24.7 Å². The lowest BCUT2D eigenvalue weighted by atomic mass is 9.97. The molecule has 1 aliphatic rings. The fraction of sp³-hybridized carbons (Fsp3) is 0.263. The highest BCUT2D eigenvalue weighted by Gasteiger charge is 2.41. The van der Waals surface area contributed by atoms with Gasteiger partial charge in [0.2, 0.25) is 0 Å². The lowest BCUT2D eigenvalue weighted by Gasteiger charge is -2.11. The molecule has 3 nitrogen and oxygen atoms in total. The summed E-state index contributed by atoms with van der Waals surface area (Å²) in [5, 5.41) is 10.1. The molecule has 4 heteroatoms. The molecule has 0 radical (unpaired) electrons. The number of carbonyl (C=O) groups excluding carboxylic acids is 1. The monoisotopic (exact) mass is 311 g/mol. The van der Waals surface area contributed by atoms with E-state index in [-0.39, 0.29) is 0 Å². The Morgan fingerprint density at radius 3 is 2.52 bits per heavy atom. The number of nitrogens with zero attached hydrogens (tertiary/aromatic N) is 1. The first-order chi connectivity index (χ1) is 11.1. The maximum absolute atomic E-state index is 13.2. The standard InChI is InChI=1S/C19H18FNO2/c1-21-18(11-14-4-7-17(20)10-15(14)12-22)13-2-5-16(6-3-13)19(23)8-9-19/h2-7,10,12,23H,8-9,11H2,1H3. The number of hydrogen-bond donors (Lipinski definition) is 1. The van der Waals surface area contributed by atoms with Crippen molar-refractivity contribution in [1.82, 2.24) is 0 Å². The molecule has 1 aliphatic carbocycles. The van der Waals surface area contributed by atoms with Crippen LogP contribution in [-0.2, 0) is 12.0 Å². The van der Waals surface area contributed by atoms with Gasteiger partial charge in [-0.15, -0.1) is 0 Å². The van der Waals surface area contributed by atoms with E-state index >= 15 is 0 Å². The van der Waals surface area contributed by atoms with Crippen LogP contribution in [0.3, 0.4) is 0 Å². The third-order valence-electron chi connectivity index (χ3n) is 4.34. The first-order valence-corrected chi connectivity index (χ1v) is 7.58. The average Bonchev–Trinajstić information content (AvgIpc) is 3.32. The van der Waals surface area contributed by atoms with Gasteiger partial charge in [0.05, 0.1) is 5.60 Å². The second-order valence-electron chi connectivity index (χ2n) is 5.92. The molecule has 1 N–H and O–H groups in total. The third-order valence-corrected chi connectivity index (χ3v) is 4.34. The predicted molar refractivity (Wildman–Crippen MR) is 87.5 cm³/mol. The van der Waals surface area contributed by atoms with Crippen molar-refractivity contribution in [2.24, 2.45) is 4.99 Å². The Kier molecular flexibility index (Phi) is 4.09. The number of rotatable bonds is 5.